The average molecular weight is 276 g/mol. The van der Waals surface area contributed by atoms with Crippen LogP contribution in [0.25, 0.3) is 10.9 Å². The predicted molar refractivity (Wildman–Crippen MR) is 77.6 cm³/mol. The molecule has 4 N–H and O–H groups in total. The van der Waals surface area contributed by atoms with Crippen LogP contribution in [0.15, 0.2) is 24.3 Å². The molecule has 2 rings (SSSR count). The van der Waals surface area contributed by atoms with Gasteiger partial charge in [-0.25, -0.2) is 4.98 Å². The maximum Gasteiger partial charge on any atom is 0.334 e. The van der Waals surface area contributed by atoms with Crippen molar-refractivity contribution in [2.24, 2.45) is 0 Å². The van der Waals surface area contributed by atoms with Crippen molar-refractivity contribution in [1.82, 2.24) is 4.98 Å². The lowest BCUT2D eigenvalue weighted by atomic mass is 10.1. The number of fused-ring (bicyclic) bond motifs is 1. The van der Waals surface area contributed by atoms with Crippen molar-refractivity contribution in [2.45, 2.75) is 19.4 Å². The summed E-state index contributed by atoms with van der Waals surface area (Å²) in [4.78, 5) is 14.7. The standard InChI is InChI=1S/C13H16N4O3/c1-13(2,18)7-15-10-8-5-3-4-6-9(8)16-12(14)11(10)17(19)20/h3-6,18H,7H2,1-2H3,(H3,14,15,16). The van der Waals surface area contributed by atoms with Gasteiger partial charge in [0.1, 0.15) is 5.69 Å². The van der Waals surface area contributed by atoms with E-state index in [1.165, 1.54) is 0 Å². The van der Waals surface area contributed by atoms with E-state index in [2.05, 4.69) is 10.3 Å². The number of rotatable bonds is 4. The Morgan fingerprint density at radius 3 is 2.70 bits per heavy atom. The third kappa shape index (κ3) is 2.77. The number of aliphatic hydroxyl groups is 1. The lowest BCUT2D eigenvalue weighted by Crippen LogP contribution is -2.29. The lowest BCUT2D eigenvalue weighted by Gasteiger charge is -2.19. The zero-order chi connectivity index (χ0) is 14.9. The first-order valence-electron chi connectivity index (χ1n) is 6.08. The maximum atomic E-state index is 11.2. The second kappa shape index (κ2) is 4.93. The molecule has 0 aliphatic rings. The molecule has 2 aromatic rings. The van der Waals surface area contributed by atoms with E-state index in [1.807, 2.05) is 0 Å². The second-order valence-electron chi connectivity index (χ2n) is 5.16. The van der Waals surface area contributed by atoms with Crippen LogP contribution in [0.2, 0.25) is 0 Å². The van der Waals surface area contributed by atoms with Crippen molar-refractivity contribution in [1.29, 1.82) is 0 Å². The van der Waals surface area contributed by atoms with Crippen LogP contribution in [0.4, 0.5) is 17.2 Å². The fraction of sp³-hybridized carbons (Fsp3) is 0.308. The molecule has 0 atom stereocenters. The van der Waals surface area contributed by atoms with Crippen molar-refractivity contribution in [3.8, 4) is 0 Å². The summed E-state index contributed by atoms with van der Waals surface area (Å²) in [7, 11) is 0. The Morgan fingerprint density at radius 1 is 1.45 bits per heavy atom. The van der Waals surface area contributed by atoms with Gasteiger partial charge in [0.2, 0.25) is 5.82 Å². The van der Waals surface area contributed by atoms with Crippen molar-refractivity contribution in [3.05, 3.63) is 34.4 Å². The highest BCUT2D eigenvalue weighted by Crippen LogP contribution is 2.36. The summed E-state index contributed by atoms with van der Waals surface area (Å²) in [5.74, 6) is -0.146. The normalized spacial score (nSPS) is 11.6. The molecule has 7 nitrogen and oxygen atoms in total. The van der Waals surface area contributed by atoms with Crippen molar-refractivity contribution >= 4 is 28.1 Å². The number of nitrogens with two attached hydrogens (primary N) is 1. The first-order valence-corrected chi connectivity index (χ1v) is 6.08. The Bertz CT molecular complexity index is 664. The predicted octanol–water partition coefficient (Wildman–Crippen LogP) is 1.91. The molecule has 0 bridgehead atoms. The minimum absolute atomic E-state index is 0.146. The molecule has 0 aliphatic heterocycles. The minimum Gasteiger partial charge on any atom is -0.389 e. The van der Waals surface area contributed by atoms with Crippen LogP contribution in [0.3, 0.4) is 0 Å². The van der Waals surface area contributed by atoms with Gasteiger partial charge in [0.05, 0.1) is 16.0 Å². The van der Waals surface area contributed by atoms with Crippen LogP contribution in [-0.2, 0) is 0 Å². The molecule has 7 heteroatoms. The SMILES string of the molecule is CC(C)(O)CNc1c([N+](=O)[O-])c(N)nc2ccccc12. The molecule has 0 saturated carbocycles. The lowest BCUT2D eigenvalue weighted by molar-refractivity contribution is -0.383. The summed E-state index contributed by atoms with van der Waals surface area (Å²) in [6.45, 7) is 3.37. The van der Waals surface area contributed by atoms with Crippen molar-refractivity contribution in [2.75, 3.05) is 17.6 Å². The quantitative estimate of drug-likeness (QED) is 0.580. The van der Waals surface area contributed by atoms with Gasteiger partial charge in [0.25, 0.3) is 0 Å². The second-order valence-corrected chi connectivity index (χ2v) is 5.16. The number of anilines is 2. The Kier molecular flexibility index (Phi) is 3.46. The van der Waals surface area contributed by atoms with Crippen molar-refractivity contribution < 1.29 is 10.0 Å². The molecule has 106 valence electrons. The minimum atomic E-state index is -1.01. The molecular formula is C13H16N4O3. The molecule has 0 saturated heterocycles. The molecule has 0 fully saturated rings. The number of nitro groups is 1. The van der Waals surface area contributed by atoms with E-state index in [0.717, 1.165) is 0 Å². The van der Waals surface area contributed by atoms with Crippen LogP contribution in [0.5, 0.6) is 0 Å². The molecule has 20 heavy (non-hydrogen) atoms. The van der Waals surface area contributed by atoms with Crippen LogP contribution in [0.1, 0.15) is 13.8 Å². The van der Waals surface area contributed by atoms with Gasteiger partial charge in [-0.3, -0.25) is 10.1 Å². The first-order chi connectivity index (χ1) is 9.29. The number of para-hydroxylation sites is 1. The number of pyridine rings is 1. The summed E-state index contributed by atoms with van der Waals surface area (Å²) >= 11 is 0. The molecule has 0 unspecified atom stereocenters. The summed E-state index contributed by atoms with van der Waals surface area (Å²) in [6, 6.07) is 6.99. The van der Waals surface area contributed by atoms with E-state index in [-0.39, 0.29) is 23.7 Å². The fourth-order valence-corrected chi connectivity index (χ4v) is 1.89. The van der Waals surface area contributed by atoms with Gasteiger partial charge in [-0.1, -0.05) is 18.2 Å². The molecule has 0 spiro atoms. The van der Waals surface area contributed by atoms with E-state index in [4.69, 9.17) is 5.73 Å². The fourth-order valence-electron chi connectivity index (χ4n) is 1.89. The molecule has 1 heterocycles. The highest BCUT2D eigenvalue weighted by atomic mass is 16.6. The number of hydrogen-bond acceptors (Lipinski definition) is 6. The summed E-state index contributed by atoms with van der Waals surface area (Å²) in [5, 5.41) is 24.5. The van der Waals surface area contributed by atoms with Crippen LogP contribution in [0, 0.1) is 10.1 Å². The van der Waals surface area contributed by atoms with E-state index >= 15 is 0 Å². The summed E-state index contributed by atoms with van der Waals surface area (Å²) in [6.07, 6.45) is 0. The van der Waals surface area contributed by atoms with Gasteiger partial charge in [-0.15, -0.1) is 0 Å². The van der Waals surface area contributed by atoms with Gasteiger partial charge < -0.3 is 16.2 Å². The van der Waals surface area contributed by atoms with E-state index in [1.54, 1.807) is 38.1 Å². The number of nitrogens with one attached hydrogen (secondary N) is 1. The largest absolute Gasteiger partial charge is 0.389 e. The number of nitrogen functional groups attached to an aromatic ring is 1. The van der Waals surface area contributed by atoms with Gasteiger partial charge in [0.15, 0.2) is 0 Å². The first kappa shape index (κ1) is 14.0. The zero-order valence-corrected chi connectivity index (χ0v) is 11.3. The number of benzene rings is 1. The van der Waals surface area contributed by atoms with E-state index in [0.29, 0.717) is 10.9 Å². The third-order valence-electron chi connectivity index (χ3n) is 2.77. The number of aromatic nitrogens is 1. The average Bonchev–Trinajstić information content (AvgIpc) is 2.33. The van der Waals surface area contributed by atoms with E-state index in [9.17, 15) is 15.2 Å². The van der Waals surface area contributed by atoms with Crippen LogP contribution in [-0.4, -0.2) is 27.2 Å². The Morgan fingerprint density at radius 2 is 2.10 bits per heavy atom. The number of hydrogen-bond donors (Lipinski definition) is 3. The third-order valence-corrected chi connectivity index (χ3v) is 2.77. The van der Waals surface area contributed by atoms with Crippen molar-refractivity contribution in [3.63, 3.8) is 0 Å². The van der Waals surface area contributed by atoms with Gasteiger partial charge in [0, 0.05) is 11.9 Å². The summed E-state index contributed by atoms with van der Waals surface area (Å²) in [5.41, 5.74) is 5.24. The zero-order valence-electron chi connectivity index (χ0n) is 11.3. The maximum absolute atomic E-state index is 11.2. The molecule has 0 aliphatic carbocycles. The highest BCUT2D eigenvalue weighted by molar-refractivity contribution is 5.99. The molecule has 0 amide bonds. The van der Waals surface area contributed by atoms with Gasteiger partial charge in [-0.05, 0) is 19.9 Å². The highest BCUT2D eigenvalue weighted by Gasteiger charge is 2.24. The Labute approximate surface area is 115 Å². The molecular weight excluding hydrogens is 260 g/mol. The molecule has 0 radical (unpaired) electrons. The Hall–Kier alpha value is -2.41. The van der Waals surface area contributed by atoms with E-state index < -0.39 is 10.5 Å². The Balaban J connectivity index is 2.63. The van der Waals surface area contributed by atoms with Gasteiger partial charge >= 0.3 is 5.69 Å². The molecule has 1 aromatic carbocycles. The van der Waals surface area contributed by atoms with Gasteiger partial charge in [-0.2, -0.15) is 0 Å². The van der Waals surface area contributed by atoms with Crippen LogP contribution < -0.4 is 11.1 Å². The smallest absolute Gasteiger partial charge is 0.334 e. The number of nitrogens with zero attached hydrogens (tertiary/aromatic N) is 2. The summed E-state index contributed by atoms with van der Waals surface area (Å²) < 4.78 is 0. The monoisotopic (exact) mass is 276 g/mol. The molecule has 1 aromatic heterocycles. The van der Waals surface area contributed by atoms with Crippen LogP contribution >= 0.6 is 0 Å². The topological polar surface area (TPSA) is 114 Å².